The van der Waals surface area contributed by atoms with Crippen molar-refractivity contribution in [1.29, 1.82) is 0 Å². The van der Waals surface area contributed by atoms with Crippen LogP contribution >= 0.6 is 24.0 Å². The summed E-state index contributed by atoms with van der Waals surface area (Å²) in [7, 11) is 1.69. The highest BCUT2D eigenvalue weighted by molar-refractivity contribution is 14.0. The number of aryl methyl sites for hydroxylation is 1. The van der Waals surface area contributed by atoms with E-state index in [1.54, 1.807) is 13.1 Å². The number of halogens is 2. The minimum absolute atomic E-state index is 0. The zero-order valence-corrected chi connectivity index (χ0v) is 19.1. The van der Waals surface area contributed by atoms with Gasteiger partial charge < -0.3 is 20.4 Å². The van der Waals surface area contributed by atoms with Crippen molar-refractivity contribution in [2.75, 3.05) is 18.9 Å². The normalized spacial score (nSPS) is 15.9. The lowest BCUT2D eigenvalue weighted by Gasteiger charge is -2.26. The van der Waals surface area contributed by atoms with E-state index < -0.39 is 0 Å². The Morgan fingerprint density at radius 3 is 2.87 bits per heavy atom. The van der Waals surface area contributed by atoms with Crippen LogP contribution in [0.25, 0.3) is 11.0 Å². The molecule has 1 aromatic heterocycles. The highest BCUT2D eigenvalue weighted by Crippen LogP contribution is 2.31. The van der Waals surface area contributed by atoms with Crippen molar-refractivity contribution < 1.29 is 13.6 Å². The van der Waals surface area contributed by atoms with Crippen molar-refractivity contribution in [3.63, 3.8) is 0 Å². The van der Waals surface area contributed by atoms with E-state index in [0.717, 1.165) is 28.0 Å². The van der Waals surface area contributed by atoms with Crippen LogP contribution in [0.5, 0.6) is 0 Å². The lowest BCUT2D eigenvalue weighted by molar-refractivity contribution is -0.116. The molecule has 1 amide bonds. The number of benzene rings is 2. The molecule has 1 unspecified atom stereocenters. The highest BCUT2D eigenvalue weighted by atomic mass is 127. The van der Waals surface area contributed by atoms with Crippen LogP contribution in [-0.2, 0) is 11.3 Å². The van der Waals surface area contributed by atoms with Crippen molar-refractivity contribution in [3.8, 4) is 0 Å². The van der Waals surface area contributed by atoms with Gasteiger partial charge in [0.15, 0.2) is 5.96 Å². The van der Waals surface area contributed by atoms with E-state index in [-0.39, 0.29) is 41.6 Å². The summed E-state index contributed by atoms with van der Waals surface area (Å²) in [6.07, 6.45) is 0.426. The number of carbonyl (C=O) groups excluding carboxylic acids is 1. The predicted octanol–water partition coefficient (Wildman–Crippen LogP) is 4.29. The monoisotopic (exact) mass is 522 g/mol. The fourth-order valence-electron chi connectivity index (χ4n) is 3.70. The van der Waals surface area contributed by atoms with Gasteiger partial charge in [-0.05, 0) is 36.8 Å². The number of guanidine groups is 1. The molecule has 2 aromatic carbocycles. The van der Waals surface area contributed by atoms with E-state index in [0.29, 0.717) is 31.1 Å². The Morgan fingerprint density at radius 2 is 2.07 bits per heavy atom. The number of nitrogens with zero attached hydrogens (tertiary/aromatic N) is 1. The molecule has 0 aliphatic carbocycles. The number of hydrogen-bond acceptors (Lipinski definition) is 3. The summed E-state index contributed by atoms with van der Waals surface area (Å²) in [6, 6.07) is 12.4. The van der Waals surface area contributed by atoms with Gasteiger partial charge >= 0.3 is 0 Å². The van der Waals surface area contributed by atoms with Crippen LogP contribution < -0.4 is 16.0 Å². The summed E-state index contributed by atoms with van der Waals surface area (Å²) < 4.78 is 19.3. The molecule has 158 valence electrons. The first kappa shape index (κ1) is 22.1. The smallest absolute Gasteiger partial charge is 0.225 e. The number of nitrogens with one attached hydrogen (secondary N) is 3. The standard InChI is InChI=1S/C22H23FN4O2.HI/c1-13-17-10-15(23)7-8-19(17)29-20(13)12-26-22(24-2)25-11-14-9-21(28)27-18-6-4-3-5-16(14)18;/h3-8,10,14H,9,11-12H2,1-2H3,(H,27,28)(H2,24,25,26);1H. The van der Waals surface area contributed by atoms with Gasteiger partial charge in [0.1, 0.15) is 17.2 Å². The predicted molar refractivity (Wildman–Crippen MR) is 127 cm³/mol. The number of para-hydroxylation sites is 1. The Bertz CT molecular complexity index is 1100. The van der Waals surface area contributed by atoms with Gasteiger partial charge in [-0.2, -0.15) is 0 Å². The Morgan fingerprint density at radius 1 is 1.27 bits per heavy atom. The summed E-state index contributed by atoms with van der Waals surface area (Å²) in [5, 5.41) is 10.2. The van der Waals surface area contributed by atoms with Gasteiger partial charge in [0, 0.05) is 42.6 Å². The molecule has 3 aromatic rings. The fourth-order valence-corrected chi connectivity index (χ4v) is 3.70. The fraction of sp³-hybridized carbons (Fsp3) is 0.273. The van der Waals surface area contributed by atoms with Gasteiger partial charge in [0.2, 0.25) is 5.91 Å². The second-order valence-corrected chi connectivity index (χ2v) is 7.13. The molecule has 6 nitrogen and oxygen atoms in total. The third kappa shape index (κ3) is 4.58. The Balaban J connectivity index is 0.00000256. The molecular weight excluding hydrogens is 498 g/mol. The molecule has 3 N–H and O–H groups in total. The lowest BCUT2D eigenvalue weighted by Crippen LogP contribution is -2.40. The summed E-state index contributed by atoms with van der Waals surface area (Å²) in [6.45, 7) is 2.91. The minimum Gasteiger partial charge on any atom is -0.459 e. The molecule has 0 saturated heterocycles. The van der Waals surface area contributed by atoms with Gasteiger partial charge in [-0.25, -0.2) is 4.39 Å². The maximum Gasteiger partial charge on any atom is 0.225 e. The molecule has 1 aliphatic heterocycles. The maximum absolute atomic E-state index is 13.5. The zero-order valence-electron chi connectivity index (χ0n) is 16.8. The van der Waals surface area contributed by atoms with Gasteiger partial charge in [0.25, 0.3) is 0 Å². The average molecular weight is 522 g/mol. The molecule has 0 fully saturated rings. The largest absolute Gasteiger partial charge is 0.459 e. The molecule has 4 rings (SSSR count). The first-order valence-corrected chi connectivity index (χ1v) is 9.56. The topological polar surface area (TPSA) is 78.7 Å². The van der Waals surface area contributed by atoms with Crippen LogP contribution in [-0.4, -0.2) is 25.5 Å². The molecule has 2 heterocycles. The molecule has 1 aliphatic rings. The molecule has 30 heavy (non-hydrogen) atoms. The SMILES string of the molecule is CN=C(NCc1oc2ccc(F)cc2c1C)NCC1CC(=O)Nc2ccccc21.I. The molecule has 1 atom stereocenters. The number of aliphatic imine (C=N–C) groups is 1. The van der Waals surface area contributed by atoms with Gasteiger partial charge in [-0.3, -0.25) is 9.79 Å². The molecule has 8 heteroatoms. The third-order valence-electron chi connectivity index (χ3n) is 5.26. The first-order valence-electron chi connectivity index (χ1n) is 9.56. The summed E-state index contributed by atoms with van der Waals surface area (Å²) >= 11 is 0. The van der Waals surface area contributed by atoms with E-state index in [9.17, 15) is 9.18 Å². The summed E-state index contributed by atoms with van der Waals surface area (Å²) in [4.78, 5) is 16.2. The number of rotatable bonds is 4. The van der Waals surface area contributed by atoms with E-state index in [1.165, 1.54) is 12.1 Å². The second-order valence-electron chi connectivity index (χ2n) is 7.13. The maximum atomic E-state index is 13.5. The second kappa shape index (κ2) is 9.46. The number of fused-ring (bicyclic) bond motifs is 2. The summed E-state index contributed by atoms with van der Waals surface area (Å²) in [5.41, 5.74) is 3.54. The van der Waals surface area contributed by atoms with Crippen LogP contribution in [0.1, 0.15) is 29.2 Å². The van der Waals surface area contributed by atoms with Crippen molar-refractivity contribution in [2.45, 2.75) is 25.8 Å². The Hall–Kier alpha value is -2.62. The number of anilines is 1. The van der Waals surface area contributed by atoms with Gasteiger partial charge in [-0.15, -0.1) is 24.0 Å². The molecule has 0 bridgehead atoms. The van der Waals surface area contributed by atoms with Crippen molar-refractivity contribution in [2.24, 2.45) is 4.99 Å². The highest BCUT2D eigenvalue weighted by Gasteiger charge is 2.24. The van der Waals surface area contributed by atoms with Crippen LogP contribution in [0.15, 0.2) is 51.9 Å². The average Bonchev–Trinajstić information content (AvgIpc) is 3.03. The Kier molecular flexibility index (Phi) is 6.96. The Labute approximate surface area is 191 Å². The van der Waals surface area contributed by atoms with Crippen LogP contribution in [0, 0.1) is 12.7 Å². The summed E-state index contributed by atoms with van der Waals surface area (Å²) in [5.74, 6) is 1.14. The van der Waals surface area contributed by atoms with E-state index in [4.69, 9.17) is 4.42 Å². The van der Waals surface area contributed by atoms with E-state index >= 15 is 0 Å². The van der Waals surface area contributed by atoms with Crippen LogP contribution in [0.2, 0.25) is 0 Å². The van der Waals surface area contributed by atoms with E-state index in [1.807, 2.05) is 31.2 Å². The molecule has 0 spiro atoms. The van der Waals surface area contributed by atoms with Crippen molar-refractivity contribution in [1.82, 2.24) is 10.6 Å². The number of furan rings is 1. The first-order chi connectivity index (χ1) is 14.0. The molecule has 0 saturated carbocycles. The van der Waals surface area contributed by atoms with Gasteiger partial charge in [-0.1, -0.05) is 18.2 Å². The van der Waals surface area contributed by atoms with Crippen molar-refractivity contribution >= 4 is 52.5 Å². The third-order valence-corrected chi connectivity index (χ3v) is 5.26. The molecular formula is C22H24FIN4O2. The molecule has 0 radical (unpaired) electrons. The number of hydrogen-bond donors (Lipinski definition) is 3. The minimum atomic E-state index is -0.282. The number of carbonyl (C=O) groups is 1. The zero-order chi connectivity index (χ0) is 20.4. The van der Waals surface area contributed by atoms with Crippen molar-refractivity contribution in [3.05, 3.63) is 65.2 Å². The quantitative estimate of drug-likeness (QED) is 0.272. The van der Waals surface area contributed by atoms with Gasteiger partial charge in [0.05, 0.1) is 6.54 Å². The number of amides is 1. The van der Waals surface area contributed by atoms with Crippen LogP contribution in [0.3, 0.4) is 0 Å². The van der Waals surface area contributed by atoms with Crippen LogP contribution in [0.4, 0.5) is 10.1 Å². The van der Waals surface area contributed by atoms with E-state index in [2.05, 4.69) is 20.9 Å². The lowest BCUT2D eigenvalue weighted by atomic mass is 9.90.